The van der Waals surface area contributed by atoms with E-state index in [9.17, 15) is 8.42 Å². The van der Waals surface area contributed by atoms with Crippen LogP contribution >= 0.6 is 0 Å². The highest BCUT2D eigenvalue weighted by molar-refractivity contribution is 7.87. The second kappa shape index (κ2) is 8.43. The zero-order valence-corrected chi connectivity index (χ0v) is 14.0. The van der Waals surface area contributed by atoms with Crippen molar-refractivity contribution in [2.24, 2.45) is 5.92 Å². The molecule has 21 heavy (non-hydrogen) atoms. The molecule has 0 amide bonds. The van der Waals surface area contributed by atoms with Crippen LogP contribution in [0.15, 0.2) is 0 Å². The van der Waals surface area contributed by atoms with Gasteiger partial charge in [0, 0.05) is 26.2 Å². The molecule has 0 aromatic carbocycles. The first kappa shape index (κ1) is 17.1. The van der Waals surface area contributed by atoms with Crippen molar-refractivity contribution in [3.8, 4) is 0 Å². The lowest BCUT2D eigenvalue weighted by Gasteiger charge is -2.34. The van der Waals surface area contributed by atoms with Gasteiger partial charge in [0.25, 0.3) is 10.2 Å². The largest absolute Gasteiger partial charge is 0.316 e. The molecule has 0 aliphatic carbocycles. The molecule has 0 radical (unpaired) electrons. The lowest BCUT2D eigenvalue weighted by atomic mass is 10.00. The quantitative estimate of drug-likeness (QED) is 0.686. The maximum Gasteiger partial charge on any atom is 0.292 e. The van der Waals surface area contributed by atoms with Crippen molar-refractivity contribution in [2.75, 3.05) is 39.3 Å². The molecule has 0 aromatic rings. The monoisotopic (exact) mass is 318 g/mol. The standard InChI is InChI=1S/C14H30N4O2S/c1-2-8-15-12-14-7-6-11-18(13-14)21(19,20)16-17-9-4-3-5-10-17/h14-16H,2-13H2,1H3. The summed E-state index contributed by atoms with van der Waals surface area (Å²) in [7, 11) is -3.36. The molecule has 2 heterocycles. The van der Waals surface area contributed by atoms with Crippen LogP contribution in [-0.4, -0.2) is 57.0 Å². The van der Waals surface area contributed by atoms with Crippen LogP contribution in [0.1, 0.15) is 45.4 Å². The number of rotatable bonds is 7. The van der Waals surface area contributed by atoms with Crippen molar-refractivity contribution in [2.45, 2.75) is 45.4 Å². The lowest BCUT2D eigenvalue weighted by molar-refractivity contribution is 0.185. The molecule has 1 atom stereocenters. The van der Waals surface area contributed by atoms with Crippen molar-refractivity contribution >= 4 is 10.2 Å². The van der Waals surface area contributed by atoms with E-state index in [1.807, 2.05) is 5.01 Å². The van der Waals surface area contributed by atoms with Crippen LogP contribution in [0.5, 0.6) is 0 Å². The van der Waals surface area contributed by atoms with Crippen LogP contribution in [0.2, 0.25) is 0 Å². The summed E-state index contributed by atoms with van der Waals surface area (Å²) >= 11 is 0. The highest BCUT2D eigenvalue weighted by Crippen LogP contribution is 2.18. The van der Waals surface area contributed by atoms with Crippen molar-refractivity contribution in [3.63, 3.8) is 0 Å². The summed E-state index contributed by atoms with van der Waals surface area (Å²) in [6, 6.07) is 0. The fraction of sp³-hybridized carbons (Fsp3) is 1.00. The average molecular weight is 318 g/mol. The molecule has 2 aliphatic rings. The predicted molar refractivity (Wildman–Crippen MR) is 84.9 cm³/mol. The molecule has 2 aliphatic heterocycles. The van der Waals surface area contributed by atoms with Crippen molar-refractivity contribution in [1.82, 2.24) is 19.5 Å². The normalized spacial score (nSPS) is 26.0. The van der Waals surface area contributed by atoms with Gasteiger partial charge >= 0.3 is 0 Å². The number of hydrogen-bond donors (Lipinski definition) is 2. The van der Waals surface area contributed by atoms with E-state index in [1.165, 1.54) is 6.42 Å². The molecule has 0 bridgehead atoms. The molecule has 1 unspecified atom stereocenters. The zero-order chi connectivity index (χ0) is 15.1. The average Bonchev–Trinajstić information content (AvgIpc) is 2.48. The minimum atomic E-state index is -3.36. The molecule has 2 fully saturated rings. The fourth-order valence-electron chi connectivity index (χ4n) is 3.10. The first-order chi connectivity index (χ1) is 10.1. The van der Waals surface area contributed by atoms with Crippen LogP contribution in [0, 0.1) is 5.92 Å². The topological polar surface area (TPSA) is 64.7 Å². The van der Waals surface area contributed by atoms with E-state index in [0.717, 1.165) is 58.3 Å². The molecule has 0 aromatic heterocycles. The summed E-state index contributed by atoms with van der Waals surface area (Å²) in [4.78, 5) is 2.76. The van der Waals surface area contributed by atoms with Gasteiger partial charge in [-0.1, -0.05) is 13.3 Å². The Labute approximate surface area is 129 Å². The Morgan fingerprint density at radius 2 is 1.86 bits per heavy atom. The molecule has 6 nitrogen and oxygen atoms in total. The number of nitrogens with one attached hydrogen (secondary N) is 2. The molecule has 2 N–H and O–H groups in total. The summed E-state index contributed by atoms with van der Waals surface area (Å²) in [6.07, 6.45) is 6.54. The summed E-state index contributed by atoms with van der Waals surface area (Å²) in [5.41, 5.74) is 0. The predicted octanol–water partition coefficient (Wildman–Crippen LogP) is 0.933. The van der Waals surface area contributed by atoms with Crippen LogP contribution in [-0.2, 0) is 10.2 Å². The zero-order valence-electron chi connectivity index (χ0n) is 13.2. The molecular formula is C14H30N4O2S. The minimum absolute atomic E-state index is 0.434. The summed E-state index contributed by atoms with van der Waals surface area (Å²) < 4.78 is 26.6. The van der Waals surface area contributed by atoms with Gasteiger partial charge < -0.3 is 5.32 Å². The van der Waals surface area contributed by atoms with Crippen LogP contribution in [0.3, 0.4) is 0 Å². The number of piperidine rings is 2. The number of nitrogens with zero attached hydrogens (tertiary/aromatic N) is 2. The van der Waals surface area contributed by atoms with Gasteiger partial charge in [0.1, 0.15) is 0 Å². The Morgan fingerprint density at radius 3 is 2.57 bits per heavy atom. The fourth-order valence-corrected chi connectivity index (χ4v) is 4.50. The molecule has 7 heteroatoms. The second-order valence-electron chi connectivity index (χ2n) is 6.21. The van der Waals surface area contributed by atoms with E-state index in [0.29, 0.717) is 19.0 Å². The Balaban J connectivity index is 1.83. The van der Waals surface area contributed by atoms with Crippen LogP contribution in [0.4, 0.5) is 0 Å². The smallest absolute Gasteiger partial charge is 0.292 e. The molecule has 124 valence electrons. The van der Waals surface area contributed by atoms with E-state index in [4.69, 9.17) is 0 Å². The van der Waals surface area contributed by atoms with Gasteiger partial charge in [-0.15, -0.1) is 4.83 Å². The number of hydrazine groups is 1. The second-order valence-corrected chi connectivity index (χ2v) is 7.86. The van der Waals surface area contributed by atoms with Crippen LogP contribution in [0.25, 0.3) is 0 Å². The first-order valence-electron chi connectivity index (χ1n) is 8.35. The van der Waals surface area contributed by atoms with E-state index in [1.54, 1.807) is 4.31 Å². The molecule has 0 spiro atoms. The Morgan fingerprint density at radius 1 is 1.10 bits per heavy atom. The van der Waals surface area contributed by atoms with Gasteiger partial charge in [-0.05, 0) is 51.1 Å². The van der Waals surface area contributed by atoms with E-state index in [2.05, 4.69) is 17.1 Å². The highest BCUT2D eigenvalue weighted by atomic mass is 32.2. The molecule has 2 rings (SSSR count). The van der Waals surface area contributed by atoms with Gasteiger partial charge in [0.05, 0.1) is 0 Å². The Hall–Kier alpha value is -0.210. The molecular weight excluding hydrogens is 288 g/mol. The Bertz CT molecular complexity index is 396. The van der Waals surface area contributed by atoms with Crippen molar-refractivity contribution in [1.29, 1.82) is 0 Å². The third kappa shape index (κ3) is 5.49. The van der Waals surface area contributed by atoms with Gasteiger partial charge in [-0.25, -0.2) is 5.01 Å². The molecule has 2 saturated heterocycles. The minimum Gasteiger partial charge on any atom is -0.316 e. The Kier molecular flexibility index (Phi) is 6.88. The first-order valence-corrected chi connectivity index (χ1v) is 9.79. The van der Waals surface area contributed by atoms with Gasteiger partial charge in [0.2, 0.25) is 0 Å². The maximum absolute atomic E-state index is 12.5. The third-order valence-electron chi connectivity index (χ3n) is 4.28. The third-order valence-corrected chi connectivity index (χ3v) is 5.78. The van der Waals surface area contributed by atoms with Crippen LogP contribution < -0.4 is 10.1 Å². The van der Waals surface area contributed by atoms with Crippen molar-refractivity contribution in [3.05, 3.63) is 0 Å². The van der Waals surface area contributed by atoms with E-state index >= 15 is 0 Å². The van der Waals surface area contributed by atoms with Gasteiger partial charge in [-0.2, -0.15) is 12.7 Å². The van der Waals surface area contributed by atoms with Gasteiger partial charge in [0.15, 0.2) is 0 Å². The molecule has 0 saturated carbocycles. The summed E-state index contributed by atoms with van der Waals surface area (Å²) in [5.74, 6) is 0.434. The maximum atomic E-state index is 12.5. The summed E-state index contributed by atoms with van der Waals surface area (Å²) in [6.45, 7) is 7.02. The summed E-state index contributed by atoms with van der Waals surface area (Å²) in [5, 5.41) is 5.26. The van der Waals surface area contributed by atoms with E-state index < -0.39 is 10.2 Å². The highest BCUT2D eigenvalue weighted by Gasteiger charge is 2.30. The van der Waals surface area contributed by atoms with Gasteiger partial charge in [-0.3, -0.25) is 0 Å². The van der Waals surface area contributed by atoms with E-state index in [-0.39, 0.29) is 0 Å². The number of hydrogen-bond acceptors (Lipinski definition) is 4. The van der Waals surface area contributed by atoms with Crippen molar-refractivity contribution < 1.29 is 8.42 Å². The lowest BCUT2D eigenvalue weighted by Crippen LogP contribution is -2.53. The SMILES string of the molecule is CCCNCC1CCCN(S(=O)(=O)NN2CCCCC2)C1.